The Balaban J connectivity index is 1.49. The molecule has 7 nitrogen and oxygen atoms in total. The number of ether oxygens (including phenoxy) is 1. The van der Waals surface area contributed by atoms with Crippen molar-refractivity contribution in [2.24, 2.45) is 5.92 Å². The summed E-state index contributed by atoms with van der Waals surface area (Å²) in [7, 11) is 0. The highest BCUT2D eigenvalue weighted by molar-refractivity contribution is 5.64. The Kier molecular flexibility index (Phi) is 7.52. The zero-order chi connectivity index (χ0) is 23.0. The molecule has 2 fully saturated rings. The molecule has 7 heteroatoms. The summed E-state index contributed by atoms with van der Waals surface area (Å²) in [5, 5.41) is 6.81. The second-order valence-electron chi connectivity index (χ2n) is 8.25. The lowest BCUT2D eigenvalue weighted by molar-refractivity contribution is 0.288. The van der Waals surface area contributed by atoms with Crippen LogP contribution in [0.25, 0.3) is 17.1 Å². The lowest BCUT2D eigenvalue weighted by Crippen LogP contribution is -2.43. The lowest BCUT2D eigenvalue weighted by atomic mass is 10.2. The van der Waals surface area contributed by atoms with E-state index in [0.29, 0.717) is 29.0 Å². The molecule has 33 heavy (non-hydrogen) atoms. The number of nitrogens with one attached hydrogen (secondary N) is 2. The lowest BCUT2D eigenvalue weighted by Gasteiger charge is -2.32. The average Bonchev–Trinajstić information content (AvgIpc) is 3.70. The van der Waals surface area contributed by atoms with E-state index in [9.17, 15) is 0 Å². The molecule has 0 aromatic carbocycles. The molecule has 1 saturated carbocycles. The summed E-state index contributed by atoms with van der Waals surface area (Å²) in [6.45, 7) is 14.8. The van der Waals surface area contributed by atoms with E-state index in [2.05, 4.69) is 44.7 Å². The van der Waals surface area contributed by atoms with Gasteiger partial charge in [-0.15, -0.1) is 0 Å². The second kappa shape index (κ2) is 10.9. The number of hydrogen-bond acceptors (Lipinski definition) is 7. The number of pyridine rings is 1. The predicted octanol–water partition coefficient (Wildman–Crippen LogP) is 3.77. The summed E-state index contributed by atoms with van der Waals surface area (Å²) in [6, 6.07) is 5.66. The highest BCUT2D eigenvalue weighted by atomic mass is 16.5. The van der Waals surface area contributed by atoms with E-state index in [-0.39, 0.29) is 0 Å². The van der Waals surface area contributed by atoms with Crippen molar-refractivity contribution in [2.75, 3.05) is 32.8 Å². The summed E-state index contributed by atoms with van der Waals surface area (Å²) in [6.07, 6.45) is 12.0. The molecular formula is C26H32N6O. The summed E-state index contributed by atoms with van der Waals surface area (Å²) in [5.41, 5.74) is 4.23. The molecule has 172 valence electrons. The van der Waals surface area contributed by atoms with Gasteiger partial charge >= 0.3 is 0 Å². The molecule has 0 unspecified atom stereocenters. The van der Waals surface area contributed by atoms with Crippen LogP contribution in [0.5, 0.6) is 5.88 Å². The summed E-state index contributed by atoms with van der Waals surface area (Å²) in [4.78, 5) is 15.9. The molecule has 3 heterocycles. The van der Waals surface area contributed by atoms with Crippen LogP contribution in [0, 0.1) is 5.92 Å². The molecule has 4 rings (SSSR count). The Morgan fingerprint density at radius 2 is 2.06 bits per heavy atom. The van der Waals surface area contributed by atoms with Gasteiger partial charge in [0.1, 0.15) is 0 Å². The van der Waals surface area contributed by atoms with Crippen LogP contribution in [0.15, 0.2) is 73.4 Å². The van der Waals surface area contributed by atoms with E-state index in [4.69, 9.17) is 9.72 Å². The van der Waals surface area contributed by atoms with Gasteiger partial charge in [0.15, 0.2) is 5.82 Å². The van der Waals surface area contributed by atoms with Gasteiger partial charge in [0.2, 0.25) is 5.88 Å². The third kappa shape index (κ3) is 6.08. The normalized spacial score (nSPS) is 16.9. The van der Waals surface area contributed by atoms with Crippen LogP contribution in [-0.4, -0.2) is 52.6 Å². The van der Waals surface area contributed by atoms with Crippen LogP contribution in [-0.2, 0) is 0 Å². The molecular weight excluding hydrogens is 412 g/mol. The first-order valence-corrected chi connectivity index (χ1v) is 11.5. The number of rotatable bonds is 10. The standard InChI is InChI=1S/C26H32N6O/c1-4-6-24(32-15-13-27-14-16-32)22(5-2)30-19(3)23-11-12-28-26(31-23)21-9-10-25(29-17-21)33-18-20-7-8-20/h4-6,9-12,17,20,27,30H,2-3,7-8,13-16,18H2,1H3/b6-4-,24-22-. The van der Waals surface area contributed by atoms with Crippen LogP contribution in [0.3, 0.4) is 0 Å². The van der Waals surface area contributed by atoms with Crippen LogP contribution in [0.1, 0.15) is 25.5 Å². The number of piperazine rings is 1. The van der Waals surface area contributed by atoms with Crippen LogP contribution >= 0.6 is 0 Å². The highest BCUT2D eigenvalue weighted by Crippen LogP contribution is 2.29. The summed E-state index contributed by atoms with van der Waals surface area (Å²) >= 11 is 0. The van der Waals surface area contributed by atoms with Gasteiger partial charge in [0.05, 0.1) is 29.4 Å². The molecule has 2 N–H and O–H groups in total. The van der Waals surface area contributed by atoms with Gasteiger partial charge in [0.25, 0.3) is 0 Å². The quantitative estimate of drug-likeness (QED) is 0.540. The maximum atomic E-state index is 5.73. The van der Waals surface area contributed by atoms with Crippen molar-refractivity contribution in [1.82, 2.24) is 30.5 Å². The van der Waals surface area contributed by atoms with Crippen molar-refractivity contribution in [3.63, 3.8) is 0 Å². The largest absolute Gasteiger partial charge is 0.477 e. The summed E-state index contributed by atoms with van der Waals surface area (Å²) in [5.74, 6) is 1.93. The van der Waals surface area contributed by atoms with Gasteiger partial charge in [0, 0.05) is 50.2 Å². The van der Waals surface area contributed by atoms with Crippen LogP contribution in [0.4, 0.5) is 0 Å². The second-order valence-corrected chi connectivity index (χ2v) is 8.25. The Morgan fingerprint density at radius 3 is 2.73 bits per heavy atom. The number of aromatic nitrogens is 3. The number of allylic oxidation sites excluding steroid dienone is 3. The van der Waals surface area contributed by atoms with Gasteiger partial charge in [-0.3, -0.25) is 0 Å². The topological polar surface area (TPSA) is 75.2 Å². The minimum atomic E-state index is 0.594. The number of hydrogen-bond donors (Lipinski definition) is 2. The zero-order valence-corrected chi connectivity index (χ0v) is 19.3. The highest BCUT2D eigenvalue weighted by Gasteiger charge is 2.22. The van der Waals surface area contributed by atoms with Crippen LogP contribution < -0.4 is 15.4 Å². The van der Waals surface area contributed by atoms with Crippen molar-refractivity contribution >= 4 is 5.70 Å². The van der Waals surface area contributed by atoms with Crippen molar-refractivity contribution in [3.05, 3.63) is 79.1 Å². The molecule has 1 saturated heterocycles. The first-order valence-electron chi connectivity index (χ1n) is 11.5. The first-order chi connectivity index (χ1) is 16.2. The monoisotopic (exact) mass is 444 g/mol. The molecule has 2 aromatic heterocycles. The van der Waals surface area contributed by atoms with E-state index >= 15 is 0 Å². The van der Waals surface area contributed by atoms with E-state index < -0.39 is 0 Å². The fourth-order valence-electron chi connectivity index (χ4n) is 3.63. The van der Waals surface area contributed by atoms with Crippen molar-refractivity contribution in [1.29, 1.82) is 0 Å². The van der Waals surface area contributed by atoms with Gasteiger partial charge in [-0.2, -0.15) is 0 Å². The van der Waals surface area contributed by atoms with E-state index in [0.717, 1.165) is 49.7 Å². The fourth-order valence-corrected chi connectivity index (χ4v) is 3.63. The van der Waals surface area contributed by atoms with Gasteiger partial charge < -0.3 is 20.3 Å². The fraction of sp³-hybridized carbons (Fsp3) is 0.346. The molecule has 2 aliphatic rings. The molecule has 0 amide bonds. The van der Waals surface area contributed by atoms with Gasteiger partial charge in [-0.1, -0.05) is 19.2 Å². The molecule has 0 spiro atoms. The minimum absolute atomic E-state index is 0.594. The third-order valence-corrected chi connectivity index (χ3v) is 5.67. The SMILES string of the molecule is C=C/C(NC(=C)c1ccnc(-c2ccc(OCC3CC3)nc2)n1)=C(\C=C/C)N1CCNCC1. The smallest absolute Gasteiger partial charge is 0.213 e. The molecule has 0 bridgehead atoms. The number of nitrogens with zero attached hydrogens (tertiary/aromatic N) is 4. The molecule has 0 atom stereocenters. The molecule has 0 radical (unpaired) electrons. The molecule has 1 aliphatic carbocycles. The van der Waals surface area contributed by atoms with Crippen LogP contribution in [0.2, 0.25) is 0 Å². The first kappa shape index (κ1) is 22.7. The maximum Gasteiger partial charge on any atom is 0.213 e. The minimum Gasteiger partial charge on any atom is -0.477 e. The van der Waals surface area contributed by atoms with Crippen molar-refractivity contribution in [3.8, 4) is 17.3 Å². The molecule has 2 aromatic rings. The predicted molar refractivity (Wildman–Crippen MR) is 132 cm³/mol. The molecule has 1 aliphatic heterocycles. The van der Waals surface area contributed by atoms with E-state index in [1.807, 2.05) is 37.3 Å². The Morgan fingerprint density at radius 1 is 1.24 bits per heavy atom. The Labute approximate surface area is 196 Å². The van der Waals surface area contributed by atoms with E-state index in [1.165, 1.54) is 12.8 Å². The van der Waals surface area contributed by atoms with Gasteiger partial charge in [-0.25, -0.2) is 15.0 Å². The average molecular weight is 445 g/mol. The third-order valence-electron chi connectivity index (χ3n) is 5.67. The Hall–Kier alpha value is -3.45. The Bertz CT molecular complexity index is 1030. The van der Waals surface area contributed by atoms with Crippen molar-refractivity contribution in [2.45, 2.75) is 19.8 Å². The van der Waals surface area contributed by atoms with Gasteiger partial charge in [-0.05, 0) is 50.0 Å². The van der Waals surface area contributed by atoms with E-state index in [1.54, 1.807) is 12.4 Å². The maximum absolute atomic E-state index is 5.73. The summed E-state index contributed by atoms with van der Waals surface area (Å²) < 4.78 is 5.73. The zero-order valence-electron chi connectivity index (χ0n) is 19.3. The van der Waals surface area contributed by atoms with Crippen molar-refractivity contribution < 1.29 is 4.74 Å².